The molecule has 7 N–H and O–H groups in total. The first-order chi connectivity index (χ1) is 23.4. The van der Waals surface area contributed by atoms with Gasteiger partial charge in [-0.3, -0.25) is 9.59 Å². The zero-order valence-corrected chi connectivity index (χ0v) is 28.1. The first kappa shape index (κ1) is 35.8. The van der Waals surface area contributed by atoms with Crippen LogP contribution in [0.5, 0.6) is 11.5 Å². The molecular weight excluding hydrogens is 632 g/mol. The minimum Gasteiger partial charge on any atom is -0.494 e. The van der Waals surface area contributed by atoms with Crippen LogP contribution in [-0.2, 0) is 24.4 Å². The van der Waals surface area contributed by atoms with Crippen LogP contribution in [0.1, 0.15) is 47.2 Å². The number of amides is 2. The molecule has 2 amide bonds. The minimum absolute atomic E-state index is 0.161. The van der Waals surface area contributed by atoms with E-state index in [4.69, 9.17) is 25.7 Å². The molecule has 260 valence electrons. The highest BCUT2D eigenvalue weighted by molar-refractivity contribution is 5.96. The number of carbonyl (C=O) groups excluding carboxylic acids is 3. The Balaban J connectivity index is 1.36. The second-order valence-corrected chi connectivity index (χ2v) is 11.7. The van der Waals surface area contributed by atoms with Crippen molar-refractivity contribution in [1.82, 2.24) is 29.9 Å². The SMILES string of the molecule is CNc1nc2cc(C=O)cc(OC)c2n1C/C=C/CNc1c(N)cc(C(N)=O)cc1OC/C=C/Cn1ncc(CNC(=O)OC(C)(C)C)n1. The van der Waals surface area contributed by atoms with E-state index in [0.717, 1.165) is 11.8 Å². The Morgan fingerprint density at radius 3 is 2.51 bits per heavy atom. The van der Waals surface area contributed by atoms with Crippen LogP contribution in [0.15, 0.2) is 54.8 Å². The van der Waals surface area contributed by atoms with Crippen molar-refractivity contribution >= 4 is 46.6 Å². The summed E-state index contributed by atoms with van der Waals surface area (Å²) < 4.78 is 18.7. The summed E-state index contributed by atoms with van der Waals surface area (Å²) in [5, 5.41) is 17.5. The molecule has 4 aromatic rings. The number of aldehydes is 1. The minimum atomic E-state index is -0.635. The van der Waals surface area contributed by atoms with E-state index in [0.29, 0.717) is 65.2 Å². The molecule has 2 aromatic heterocycles. The highest BCUT2D eigenvalue weighted by Crippen LogP contribution is 2.33. The molecule has 0 radical (unpaired) electrons. The van der Waals surface area contributed by atoms with E-state index < -0.39 is 17.6 Å². The van der Waals surface area contributed by atoms with Crippen molar-refractivity contribution < 1.29 is 28.6 Å². The Bertz CT molecular complexity index is 1850. The summed E-state index contributed by atoms with van der Waals surface area (Å²) in [4.78, 5) is 41.2. The molecule has 0 saturated heterocycles. The smallest absolute Gasteiger partial charge is 0.407 e. The number of hydrogen-bond donors (Lipinski definition) is 5. The second kappa shape index (κ2) is 16.2. The topological polar surface area (TPSA) is 216 Å². The van der Waals surface area contributed by atoms with Gasteiger partial charge in [0.2, 0.25) is 11.9 Å². The highest BCUT2D eigenvalue weighted by Gasteiger charge is 2.17. The van der Waals surface area contributed by atoms with E-state index in [1.165, 1.54) is 16.9 Å². The molecule has 0 atom stereocenters. The predicted molar refractivity (Wildman–Crippen MR) is 186 cm³/mol. The number of alkyl carbamates (subject to hydrolysis) is 1. The van der Waals surface area contributed by atoms with Gasteiger partial charge in [0, 0.05) is 31.3 Å². The lowest BCUT2D eigenvalue weighted by atomic mass is 10.1. The van der Waals surface area contributed by atoms with Crippen molar-refractivity contribution in [2.24, 2.45) is 5.73 Å². The monoisotopic (exact) mass is 674 g/mol. The van der Waals surface area contributed by atoms with Gasteiger partial charge in [-0.25, -0.2) is 9.78 Å². The van der Waals surface area contributed by atoms with E-state index in [1.54, 1.807) is 59.3 Å². The Morgan fingerprint density at radius 1 is 1.04 bits per heavy atom. The maximum Gasteiger partial charge on any atom is 0.407 e. The maximum absolute atomic E-state index is 11.9. The first-order valence-electron chi connectivity index (χ1n) is 15.4. The third-order valence-corrected chi connectivity index (χ3v) is 6.84. The van der Waals surface area contributed by atoms with E-state index in [-0.39, 0.29) is 18.7 Å². The van der Waals surface area contributed by atoms with Crippen LogP contribution in [0.25, 0.3) is 11.0 Å². The molecule has 0 bridgehead atoms. The molecule has 4 rings (SSSR count). The van der Waals surface area contributed by atoms with E-state index in [2.05, 4.69) is 31.1 Å². The molecular formula is C33H42N10O6. The quantitative estimate of drug-likeness (QED) is 0.0656. The molecule has 0 aliphatic carbocycles. The van der Waals surface area contributed by atoms with Gasteiger partial charge in [-0.2, -0.15) is 15.0 Å². The zero-order chi connectivity index (χ0) is 35.6. The molecule has 0 saturated carbocycles. The number of ether oxygens (including phenoxy) is 3. The number of nitrogens with zero attached hydrogens (tertiary/aromatic N) is 5. The molecule has 49 heavy (non-hydrogen) atoms. The highest BCUT2D eigenvalue weighted by atomic mass is 16.6. The summed E-state index contributed by atoms with van der Waals surface area (Å²) in [6, 6.07) is 6.41. The molecule has 0 aliphatic heterocycles. The van der Waals surface area contributed by atoms with Crippen molar-refractivity contribution in [3.8, 4) is 11.5 Å². The Morgan fingerprint density at radius 2 is 1.82 bits per heavy atom. The third-order valence-electron chi connectivity index (χ3n) is 6.84. The van der Waals surface area contributed by atoms with Crippen LogP contribution in [0.2, 0.25) is 0 Å². The summed E-state index contributed by atoms with van der Waals surface area (Å²) in [5.41, 5.74) is 14.7. The number of primary amides is 1. The third kappa shape index (κ3) is 9.73. The predicted octanol–water partition coefficient (Wildman–Crippen LogP) is 3.50. The number of anilines is 3. The largest absolute Gasteiger partial charge is 0.494 e. The van der Waals surface area contributed by atoms with Gasteiger partial charge in [-0.05, 0) is 51.1 Å². The van der Waals surface area contributed by atoms with Crippen LogP contribution < -0.4 is 36.9 Å². The number of methoxy groups -OCH3 is 1. The number of fused-ring (bicyclic) bond motifs is 1. The lowest BCUT2D eigenvalue weighted by Crippen LogP contribution is -2.32. The van der Waals surface area contributed by atoms with Crippen LogP contribution >= 0.6 is 0 Å². The maximum atomic E-state index is 11.9. The van der Waals surface area contributed by atoms with Crippen molar-refractivity contribution in [3.05, 3.63) is 71.6 Å². The molecule has 16 nitrogen and oxygen atoms in total. The molecule has 0 spiro atoms. The summed E-state index contributed by atoms with van der Waals surface area (Å²) in [5.74, 6) is 0.872. The first-order valence-corrected chi connectivity index (χ1v) is 15.4. The molecule has 0 unspecified atom stereocenters. The van der Waals surface area contributed by atoms with E-state index in [1.807, 2.05) is 22.8 Å². The molecule has 0 fully saturated rings. The number of hydrogen-bond acceptors (Lipinski definition) is 12. The van der Waals surface area contributed by atoms with Gasteiger partial charge in [0.05, 0.1) is 37.6 Å². The number of benzene rings is 2. The Labute approximate surface area is 283 Å². The number of allylic oxidation sites excluding steroid dienone is 2. The van der Waals surface area contributed by atoms with Gasteiger partial charge in [-0.1, -0.05) is 18.2 Å². The van der Waals surface area contributed by atoms with Crippen LogP contribution in [0.3, 0.4) is 0 Å². The fourth-order valence-corrected chi connectivity index (χ4v) is 4.70. The number of imidazole rings is 1. The summed E-state index contributed by atoms with van der Waals surface area (Å²) in [6.45, 7) is 6.91. The summed E-state index contributed by atoms with van der Waals surface area (Å²) >= 11 is 0. The number of aromatic nitrogens is 5. The molecule has 2 heterocycles. The van der Waals surface area contributed by atoms with Gasteiger partial charge in [0.25, 0.3) is 0 Å². The van der Waals surface area contributed by atoms with Crippen LogP contribution in [-0.4, -0.2) is 75.7 Å². The van der Waals surface area contributed by atoms with Crippen molar-refractivity contribution in [3.63, 3.8) is 0 Å². The summed E-state index contributed by atoms with van der Waals surface area (Å²) in [7, 11) is 3.31. The Kier molecular flexibility index (Phi) is 11.8. The summed E-state index contributed by atoms with van der Waals surface area (Å²) in [6.07, 6.45) is 9.24. The number of nitrogen functional groups attached to an aromatic ring is 1. The normalized spacial score (nSPS) is 11.6. The number of nitrogens with one attached hydrogen (secondary N) is 3. The fraction of sp³-hybridized carbons (Fsp3) is 0.333. The average molecular weight is 675 g/mol. The van der Waals surface area contributed by atoms with Gasteiger partial charge >= 0.3 is 6.09 Å². The van der Waals surface area contributed by atoms with E-state index >= 15 is 0 Å². The Hall–Kier alpha value is -6.06. The van der Waals surface area contributed by atoms with Crippen LogP contribution in [0, 0.1) is 0 Å². The van der Waals surface area contributed by atoms with Crippen molar-refractivity contribution in [1.29, 1.82) is 0 Å². The molecule has 16 heteroatoms. The lowest BCUT2D eigenvalue weighted by Gasteiger charge is -2.19. The van der Waals surface area contributed by atoms with Gasteiger partial charge < -0.3 is 46.2 Å². The second-order valence-electron chi connectivity index (χ2n) is 11.7. The van der Waals surface area contributed by atoms with Gasteiger partial charge in [0.1, 0.15) is 46.9 Å². The number of rotatable bonds is 16. The zero-order valence-electron chi connectivity index (χ0n) is 28.1. The fourth-order valence-electron chi connectivity index (χ4n) is 4.70. The molecule has 2 aromatic carbocycles. The number of carbonyl (C=O) groups is 3. The van der Waals surface area contributed by atoms with Crippen molar-refractivity contribution in [2.75, 3.05) is 43.7 Å². The lowest BCUT2D eigenvalue weighted by molar-refractivity contribution is 0.0522. The standard InChI is InChI=1S/C33H42N10O6/c1-33(2,3)49-32(46)38-18-23-19-39-43(41-23)12-8-9-13-48-26-17-22(30(35)45)16-24(34)28(26)37-10-6-7-11-42-29-25(40-31(42)36-4)14-21(20-44)15-27(29)47-5/h6-9,14-17,19-20,37H,10-13,18,34H2,1-5H3,(H2,35,45)(H,36,40)(H,38,46)/b7-6+,9-8+. The van der Waals surface area contributed by atoms with E-state index in [9.17, 15) is 14.4 Å². The number of nitrogens with two attached hydrogens (primary N) is 2. The molecule has 0 aliphatic rings. The van der Waals surface area contributed by atoms with Gasteiger partial charge in [0.15, 0.2) is 0 Å². The average Bonchev–Trinajstić information content (AvgIpc) is 3.66. The van der Waals surface area contributed by atoms with Gasteiger partial charge in [-0.15, -0.1) is 0 Å². The van der Waals surface area contributed by atoms with Crippen LogP contribution in [0.4, 0.5) is 22.1 Å². The van der Waals surface area contributed by atoms with Crippen molar-refractivity contribution in [2.45, 2.75) is 46.0 Å².